The van der Waals surface area contributed by atoms with Crippen LogP contribution in [0.1, 0.15) is 45.1 Å². The van der Waals surface area contributed by atoms with Gasteiger partial charge in [-0.15, -0.1) is 0 Å². The maximum atomic E-state index is 14.9. The number of aryl methyl sites for hydroxylation is 1. The molecule has 7 heteroatoms. The monoisotopic (exact) mass is 556 g/mol. The standard InChI is InChI=1S/C33H31ClFN3O2/c1-20(39)3-4-22-12-27(35)17-28(13-22)38(33(40)29-14-21-5-6-25(29)11-21)18-26-8-7-23(15-30(26)34)24-9-10-32-31(16-24)36-19-37(32)2/h3-4,7-10,12-13,15-17,19,21,25,29H,5-6,11,14,18H2,1-2H3/b4-3+/t21-,25+,29-/m1/s1/i18D/t18?,21-,25+,29-. The predicted molar refractivity (Wildman–Crippen MR) is 157 cm³/mol. The SMILES string of the molecule is [2H]C(c1ccc(-c2ccc3c(c2)ncn3C)cc1Cl)N(C(=O)[C@@H]1C[C@@H]2CC[C@H]1C2)c1cc(F)cc(/C=C/C(C)=O)c1. The number of imidazole rings is 1. The Morgan fingerprint density at radius 3 is 2.65 bits per heavy atom. The van der Waals surface area contributed by atoms with Gasteiger partial charge in [-0.1, -0.05) is 42.3 Å². The lowest BCUT2D eigenvalue weighted by molar-refractivity contribution is -0.124. The highest BCUT2D eigenvalue weighted by Crippen LogP contribution is 2.49. The first-order valence-electron chi connectivity index (χ1n) is 14.2. The van der Waals surface area contributed by atoms with E-state index in [0.717, 1.165) is 47.8 Å². The molecule has 40 heavy (non-hydrogen) atoms. The van der Waals surface area contributed by atoms with Crippen LogP contribution in [0.2, 0.25) is 5.02 Å². The zero-order chi connectivity index (χ0) is 28.8. The number of halogens is 2. The van der Waals surface area contributed by atoms with E-state index in [9.17, 15) is 15.4 Å². The van der Waals surface area contributed by atoms with Gasteiger partial charge in [-0.2, -0.15) is 0 Å². The summed E-state index contributed by atoms with van der Waals surface area (Å²) in [6.45, 7) is 0.231. The molecule has 2 bridgehead atoms. The summed E-state index contributed by atoms with van der Waals surface area (Å²) >= 11 is 6.80. The number of allylic oxidation sites excluding steroid dienone is 1. The number of ketones is 1. The second kappa shape index (κ2) is 10.7. The van der Waals surface area contributed by atoms with Gasteiger partial charge in [0.1, 0.15) is 5.82 Å². The van der Waals surface area contributed by atoms with Gasteiger partial charge in [0, 0.05) is 23.7 Å². The number of hydrogen-bond donors (Lipinski definition) is 0. The van der Waals surface area contributed by atoms with Crippen molar-refractivity contribution in [2.75, 3.05) is 4.90 Å². The number of nitrogens with zero attached hydrogens (tertiary/aromatic N) is 3. The fourth-order valence-electron chi connectivity index (χ4n) is 6.30. The lowest BCUT2D eigenvalue weighted by atomic mass is 9.87. The Bertz CT molecular complexity index is 1700. The summed E-state index contributed by atoms with van der Waals surface area (Å²) in [6.07, 6.45) is 8.61. The van der Waals surface area contributed by atoms with Crippen molar-refractivity contribution in [2.24, 2.45) is 24.8 Å². The number of amides is 1. The second-order valence-electron chi connectivity index (χ2n) is 11.1. The molecule has 6 rings (SSSR count). The van der Waals surface area contributed by atoms with Crippen LogP contribution in [0, 0.1) is 23.6 Å². The van der Waals surface area contributed by atoms with E-state index in [1.165, 1.54) is 36.1 Å². The molecule has 0 aliphatic heterocycles. The summed E-state index contributed by atoms with van der Waals surface area (Å²) in [6, 6.07) is 15.7. The van der Waals surface area contributed by atoms with E-state index in [4.69, 9.17) is 11.6 Å². The van der Waals surface area contributed by atoms with Crippen molar-refractivity contribution >= 4 is 46.1 Å². The Labute approximate surface area is 239 Å². The van der Waals surface area contributed by atoms with Crippen molar-refractivity contribution in [1.82, 2.24) is 9.55 Å². The number of rotatable bonds is 7. The molecule has 2 fully saturated rings. The number of carbonyl (C=O) groups is 2. The fourth-order valence-corrected chi connectivity index (χ4v) is 6.53. The molecule has 5 nitrogen and oxygen atoms in total. The second-order valence-corrected chi connectivity index (χ2v) is 11.5. The molecule has 2 aliphatic carbocycles. The third-order valence-corrected chi connectivity index (χ3v) is 8.64. The maximum absolute atomic E-state index is 14.9. The Kier molecular flexibility index (Phi) is 6.72. The van der Waals surface area contributed by atoms with Gasteiger partial charge in [-0.3, -0.25) is 9.59 Å². The molecule has 0 spiro atoms. The Balaban J connectivity index is 1.38. The molecule has 2 saturated carbocycles. The molecule has 2 aliphatic rings. The molecule has 0 saturated heterocycles. The van der Waals surface area contributed by atoms with Crippen LogP contribution in [0.3, 0.4) is 0 Å². The summed E-state index contributed by atoms with van der Waals surface area (Å²) in [5.74, 6) is -0.282. The van der Waals surface area contributed by atoms with Crippen LogP contribution < -0.4 is 4.90 Å². The van der Waals surface area contributed by atoms with Gasteiger partial charge in [-0.05, 0) is 103 Å². The molecule has 4 aromatic rings. The first kappa shape index (κ1) is 25.2. The van der Waals surface area contributed by atoms with E-state index >= 15 is 0 Å². The highest BCUT2D eigenvalue weighted by Gasteiger charge is 2.44. The first-order valence-corrected chi connectivity index (χ1v) is 14.0. The van der Waals surface area contributed by atoms with Gasteiger partial charge in [0.15, 0.2) is 5.78 Å². The highest BCUT2D eigenvalue weighted by molar-refractivity contribution is 6.31. The van der Waals surface area contributed by atoms with Gasteiger partial charge >= 0.3 is 0 Å². The molecule has 0 N–H and O–H groups in total. The van der Waals surface area contributed by atoms with Gasteiger partial charge < -0.3 is 9.47 Å². The fraction of sp³-hybridized carbons (Fsp3) is 0.303. The van der Waals surface area contributed by atoms with E-state index in [1.54, 1.807) is 24.5 Å². The summed E-state index contributed by atoms with van der Waals surface area (Å²) in [4.78, 5) is 31.5. The topological polar surface area (TPSA) is 55.2 Å². The highest BCUT2D eigenvalue weighted by atomic mass is 35.5. The average molecular weight is 557 g/mol. The summed E-state index contributed by atoms with van der Waals surface area (Å²) < 4.78 is 26.1. The number of hydrogen-bond acceptors (Lipinski definition) is 3. The molecule has 3 aromatic carbocycles. The Morgan fingerprint density at radius 2 is 1.93 bits per heavy atom. The lowest BCUT2D eigenvalue weighted by Gasteiger charge is -2.30. The van der Waals surface area contributed by atoms with E-state index < -0.39 is 12.3 Å². The number of benzene rings is 3. The maximum Gasteiger partial charge on any atom is 0.230 e. The zero-order valence-corrected chi connectivity index (χ0v) is 23.2. The molecule has 1 unspecified atom stereocenters. The molecule has 1 aromatic heterocycles. The van der Waals surface area contributed by atoms with Gasteiger partial charge in [0.25, 0.3) is 0 Å². The van der Waals surface area contributed by atoms with Crippen molar-refractivity contribution in [3.05, 3.63) is 89.0 Å². The molecular formula is C33H31ClFN3O2. The van der Waals surface area contributed by atoms with Crippen LogP contribution in [0.25, 0.3) is 28.2 Å². The van der Waals surface area contributed by atoms with Crippen molar-refractivity contribution < 1.29 is 15.4 Å². The average Bonchev–Trinajstić information content (AvgIpc) is 3.68. The Hall–Kier alpha value is -3.77. The van der Waals surface area contributed by atoms with Gasteiger partial charge in [0.2, 0.25) is 5.91 Å². The van der Waals surface area contributed by atoms with Crippen molar-refractivity contribution in [1.29, 1.82) is 0 Å². The summed E-state index contributed by atoms with van der Waals surface area (Å²) in [5.41, 5.74) is 4.87. The van der Waals surface area contributed by atoms with Crippen molar-refractivity contribution in [3.63, 3.8) is 0 Å². The first-order chi connectivity index (χ1) is 19.7. The van der Waals surface area contributed by atoms with Crippen molar-refractivity contribution in [2.45, 2.75) is 39.1 Å². The van der Waals surface area contributed by atoms with E-state index in [2.05, 4.69) is 4.98 Å². The lowest BCUT2D eigenvalue weighted by Crippen LogP contribution is -2.38. The quantitative estimate of drug-likeness (QED) is 0.220. The zero-order valence-electron chi connectivity index (χ0n) is 23.5. The minimum Gasteiger partial charge on any atom is -0.334 e. The smallest absolute Gasteiger partial charge is 0.230 e. The minimum atomic E-state index is -1.19. The predicted octanol–water partition coefficient (Wildman–Crippen LogP) is 7.60. The number of aromatic nitrogens is 2. The van der Waals surface area contributed by atoms with Crippen LogP contribution in [0.5, 0.6) is 0 Å². The molecule has 0 radical (unpaired) electrons. The number of fused-ring (bicyclic) bond motifs is 3. The normalized spacial score (nSPS) is 21.2. The largest absolute Gasteiger partial charge is 0.334 e. The van der Waals surface area contributed by atoms with Crippen LogP contribution in [-0.2, 0) is 23.2 Å². The summed E-state index contributed by atoms with van der Waals surface area (Å²) in [5, 5.41) is 0.350. The molecule has 1 amide bonds. The molecule has 1 heterocycles. The third kappa shape index (κ3) is 5.20. The van der Waals surface area contributed by atoms with Crippen LogP contribution in [-0.4, -0.2) is 21.2 Å². The van der Waals surface area contributed by atoms with Crippen LogP contribution >= 0.6 is 11.6 Å². The minimum absolute atomic E-state index is 0.168. The van der Waals surface area contributed by atoms with Crippen LogP contribution in [0.4, 0.5) is 10.1 Å². The summed E-state index contributed by atoms with van der Waals surface area (Å²) in [7, 11) is 1.94. The van der Waals surface area contributed by atoms with Gasteiger partial charge in [0.05, 0.1) is 25.3 Å². The number of anilines is 1. The number of carbonyl (C=O) groups excluding carboxylic acids is 2. The van der Waals surface area contributed by atoms with E-state index in [-0.39, 0.29) is 29.2 Å². The van der Waals surface area contributed by atoms with Crippen molar-refractivity contribution in [3.8, 4) is 11.1 Å². The molecule has 204 valence electrons. The van der Waals surface area contributed by atoms with Gasteiger partial charge in [-0.25, -0.2) is 9.37 Å². The van der Waals surface area contributed by atoms with E-state index in [0.29, 0.717) is 22.1 Å². The van der Waals surface area contributed by atoms with E-state index in [1.807, 2.05) is 35.9 Å². The Morgan fingerprint density at radius 1 is 1.12 bits per heavy atom. The van der Waals surface area contributed by atoms with Crippen LogP contribution in [0.15, 0.2) is 67.0 Å². The molecule has 4 atom stereocenters. The molecular weight excluding hydrogens is 525 g/mol. The third-order valence-electron chi connectivity index (χ3n) is 8.31.